The molecule has 0 radical (unpaired) electrons. The second kappa shape index (κ2) is 15.6. The van der Waals surface area contributed by atoms with Gasteiger partial charge in [0.15, 0.2) is 11.5 Å². The van der Waals surface area contributed by atoms with Crippen LogP contribution in [0.5, 0.6) is 17.2 Å². The number of aromatic nitrogens is 1. The summed E-state index contributed by atoms with van der Waals surface area (Å²) in [5.41, 5.74) is 1.29. The first kappa shape index (κ1) is 32.9. The van der Waals surface area contributed by atoms with Crippen LogP contribution in [0.15, 0.2) is 95.7 Å². The number of pyridine rings is 1. The van der Waals surface area contributed by atoms with Crippen molar-refractivity contribution in [2.45, 2.75) is 17.1 Å². The molecule has 12 heteroatoms. The van der Waals surface area contributed by atoms with Crippen LogP contribution in [-0.2, 0) is 9.59 Å². The second-order valence-corrected chi connectivity index (χ2v) is 11.3. The van der Waals surface area contributed by atoms with Crippen molar-refractivity contribution in [3.63, 3.8) is 0 Å². The van der Waals surface area contributed by atoms with Gasteiger partial charge in [0.2, 0.25) is 5.91 Å². The summed E-state index contributed by atoms with van der Waals surface area (Å²) in [5.74, 6) is 0.407. The maximum atomic E-state index is 13.5. The molecule has 0 saturated heterocycles. The lowest BCUT2D eigenvalue weighted by Gasteiger charge is -2.15. The molecule has 0 aliphatic rings. The third kappa shape index (κ3) is 9.01. The minimum atomic E-state index is -0.570. The van der Waals surface area contributed by atoms with Crippen LogP contribution in [-0.4, -0.2) is 49.3 Å². The van der Waals surface area contributed by atoms with E-state index in [9.17, 15) is 14.4 Å². The first-order chi connectivity index (χ1) is 21.7. The normalized spacial score (nSPS) is 11.6. The zero-order valence-corrected chi connectivity index (χ0v) is 26.5. The van der Waals surface area contributed by atoms with Gasteiger partial charge in [0.1, 0.15) is 17.3 Å². The van der Waals surface area contributed by atoms with Crippen molar-refractivity contribution in [1.29, 1.82) is 0 Å². The molecule has 10 nitrogen and oxygen atoms in total. The molecule has 0 saturated carbocycles. The Hall–Kier alpha value is -5.00. The minimum absolute atomic E-state index is 0.0334. The molecule has 45 heavy (non-hydrogen) atoms. The molecular weight excluding hydrogens is 616 g/mol. The Morgan fingerprint density at radius 3 is 2.13 bits per heavy atom. The van der Waals surface area contributed by atoms with Crippen molar-refractivity contribution < 1.29 is 28.6 Å². The zero-order chi connectivity index (χ0) is 32.3. The van der Waals surface area contributed by atoms with Crippen LogP contribution < -0.4 is 30.2 Å². The van der Waals surface area contributed by atoms with E-state index in [0.717, 1.165) is 4.90 Å². The first-order valence-corrected chi connectivity index (χ1v) is 14.8. The van der Waals surface area contributed by atoms with E-state index in [1.165, 1.54) is 45.4 Å². The number of hydrogen-bond donors (Lipinski definition) is 3. The average molecular weight is 647 g/mol. The fourth-order valence-corrected chi connectivity index (χ4v) is 4.99. The summed E-state index contributed by atoms with van der Waals surface area (Å²) in [6, 6.07) is 22.1. The number of halogens is 1. The van der Waals surface area contributed by atoms with Crippen LogP contribution in [0.2, 0.25) is 5.02 Å². The van der Waals surface area contributed by atoms with Gasteiger partial charge < -0.3 is 30.2 Å². The highest BCUT2D eigenvalue weighted by Gasteiger charge is 2.19. The molecule has 232 valence electrons. The third-order valence-corrected chi connectivity index (χ3v) is 7.67. The third-order valence-electron chi connectivity index (χ3n) is 6.34. The number of nitrogens with zero attached hydrogens (tertiary/aromatic N) is 1. The molecule has 0 fully saturated rings. The maximum absolute atomic E-state index is 13.5. The Morgan fingerprint density at radius 2 is 1.51 bits per heavy atom. The molecule has 3 aromatic carbocycles. The summed E-state index contributed by atoms with van der Waals surface area (Å²) in [7, 11) is 4.48. The molecule has 0 bridgehead atoms. The van der Waals surface area contributed by atoms with Crippen molar-refractivity contribution in [1.82, 2.24) is 10.3 Å². The molecule has 3 N–H and O–H groups in total. The van der Waals surface area contributed by atoms with E-state index in [0.29, 0.717) is 44.9 Å². The number of ether oxygens (including phenoxy) is 3. The number of rotatable bonds is 12. The van der Waals surface area contributed by atoms with E-state index in [1.54, 1.807) is 85.8 Å². The number of anilines is 2. The van der Waals surface area contributed by atoms with E-state index in [1.807, 2.05) is 0 Å². The summed E-state index contributed by atoms with van der Waals surface area (Å²) in [4.78, 5) is 44.1. The highest BCUT2D eigenvalue weighted by Crippen LogP contribution is 2.35. The van der Waals surface area contributed by atoms with Crippen LogP contribution in [0.3, 0.4) is 0 Å². The van der Waals surface area contributed by atoms with Crippen molar-refractivity contribution in [3.8, 4) is 17.2 Å². The highest BCUT2D eigenvalue weighted by atomic mass is 35.5. The number of benzene rings is 3. The van der Waals surface area contributed by atoms with Gasteiger partial charge in [-0.15, -0.1) is 11.8 Å². The molecular formula is C33H31ClN4O6S. The Kier molecular flexibility index (Phi) is 11.4. The predicted octanol–water partition coefficient (Wildman–Crippen LogP) is 6.29. The Labute approximate surface area is 270 Å². The topological polar surface area (TPSA) is 128 Å². The zero-order valence-electron chi connectivity index (χ0n) is 24.9. The molecule has 1 atom stereocenters. The van der Waals surface area contributed by atoms with Gasteiger partial charge in [-0.1, -0.05) is 29.8 Å². The van der Waals surface area contributed by atoms with E-state index < -0.39 is 17.1 Å². The molecule has 1 heterocycles. The smallest absolute Gasteiger partial charge is 0.272 e. The summed E-state index contributed by atoms with van der Waals surface area (Å²) in [6.45, 7) is 1.78. The molecule has 4 aromatic rings. The minimum Gasteiger partial charge on any atom is -0.496 e. The predicted molar refractivity (Wildman–Crippen MR) is 176 cm³/mol. The van der Waals surface area contributed by atoms with Gasteiger partial charge >= 0.3 is 0 Å². The largest absolute Gasteiger partial charge is 0.496 e. The van der Waals surface area contributed by atoms with Crippen LogP contribution in [0, 0.1) is 0 Å². The first-order valence-electron chi connectivity index (χ1n) is 13.6. The van der Waals surface area contributed by atoms with Gasteiger partial charge in [0, 0.05) is 34.0 Å². The maximum Gasteiger partial charge on any atom is 0.272 e. The number of amides is 3. The van der Waals surface area contributed by atoms with Gasteiger partial charge in [0.05, 0.1) is 31.6 Å². The molecule has 4 rings (SSSR count). The molecule has 0 aliphatic heterocycles. The van der Waals surface area contributed by atoms with Gasteiger partial charge in [-0.3, -0.25) is 14.4 Å². The average Bonchev–Trinajstić information content (AvgIpc) is 3.06. The second-order valence-electron chi connectivity index (χ2n) is 9.42. The van der Waals surface area contributed by atoms with Crippen molar-refractivity contribution in [2.75, 3.05) is 32.0 Å². The monoisotopic (exact) mass is 646 g/mol. The van der Waals surface area contributed by atoms with Crippen LogP contribution in [0.4, 0.5) is 11.5 Å². The molecule has 0 spiro atoms. The summed E-state index contributed by atoms with van der Waals surface area (Å²) < 4.78 is 16.3. The Bertz CT molecular complexity index is 1680. The van der Waals surface area contributed by atoms with Gasteiger partial charge in [-0.25, -0.2) is 4.98 Å². The lowest BCUT2D eigenvalue weighted by Crippen LogP contribution is -2.30. The fraction of sp³-hybridized carbons (Fsp3) is 0.152. The summed E-state index contributed by atoms with van der Waals surface area (Å²) >= 11 is 7.20. The Balaban J connectivity index is 1.52. The van der Waals surface area contributed by atoms with Crippen molar-refractivity contribution >= 4 is 58.7 Å². The Morgan fingerprint density at radius 1 is 0.844 bits per heavy atom. The molecule has 0 aliphatic carbocycles. The van der Waals surface area contributed by atoms with Crippen LogP contribution >= 0.6 is 23.4 Å². The lowest BCUT2D eigenvalue weighted by atomic mass is 10.1. The highest BCUT2D eigenvalue weighted by molar-refractivity contribution is 8.00. The molecule has 3 amide bonds. The summed E-state index contributed by atoms with van der Waals surface area (Å²) in [6.07, 6.45) is 2.96. The quantitative estimate of drug-likeness (QED) is 0.121. The number of carbonyl (C=O) groups excluding carboxylic acids is 3. The number of thioether (sulfide) groups is 1. The number of methoxy groups -OCH3 is 3. The standard InChI is InChI=1S/C33H31ClN4O6S/c1-20(31(39)38-30-15-10-23(34)19-35-30)45-25-13-11-24(12-14-25)36-33(41)26(37-32(40)21-8-6-5-7-9-21)16-22-17-28(43-3)29(44-4)18-27(22)42-2/h5-20H,1-4H3,(H,36,41)(H,37,40)(H,35,38,39)/b26-16-. The van der Waals surface area contributed by atoms with E-state index >= 15 is 0 Å². The van der Waals surface area contributed by atoms with Crippen LogP contribution in [0.25, 0.3) is 6.08 Å². The lowest BCUT2D eigenvalue weighted by molar-refractivity contribution is -0.115. The molecule has 1 aromatic heterocycles. The van der Waals surface area contributed by atoms with Crippen molar-refractivity contribution in [3.05, 3.63) is 107 Å². The van der Waals surface area contributed by atoms with Crippen molar-refractivity contribution in [2.24, 2.45) is 0 Å². The van der Waals surface area contributed by atoms with Gasteiger partial charge in [0.25, 0.3) is 11.8 Å². The van der Waals surface area contributed by atoms with E-state index in [4.69, 9.17) is 25.8 Å². The number of carbonyl (C=O) groups is 3. The SMILES string of the molecule is COc1cc(OC)c(OC)cc1/C=C(\NC(=O)c1ccccc1)C(=O)Nc1ccc(SC(C)C(=O)Nc2ccc(Cl)cn2)cc1. The van der Waals surface area contributed by atoms with Gasteiger partial charge in [-0.05, 0) is 67.6 Å². The van der Waals surface area contributed by atoms with Gasteiger partial charge in [-0.2, -0.15) is 0 Å². The van der Waals surface area contributed by atoms with E-state index in [2.05, 4.69) is 20.9 Å². The van der Waals surface area contributed by atoms with Crippen LogP contribution in [0.1, 0.15) is 22.8 Å². The summed E-state index contributed by atoms with van der Waals surface area (Å²) in [5, 5.41) is 8.34. The number of nitrogens with one attached hydrogen (secondary N) is 3. The number of hydrogen-bond acceptors (Lipinski definition) is 8. The van der Waals surface area contributed by atoms with E-state index in [-0.39, 0.29) is 11.6 Å². The molecule has 1 unspecified atom stereocenters. The fourth-order valence-electron chi connectivity index (χ4n) is 4.01.